The zero-order valence-corrected chi connectivity index (χ0v) is 14.6. The lowest BCUT2D eigenvalue weighted by Gasteiger charge is -2.35. The number of carbonyl (C=O) groups is 1. The van der Waals surface area contributed by atoms with E-state index in [2.05, 4.69) is 4.90 Å². The maximum atomic E-state index is 11.9. The predicted octanol–water partition coefficient (Wildman–Crippen LogP) is 0.677. The van der Waals surface area contributed by atoms with Crippen molar-refractivity contribution in [1.82, 2.24) is 9.80 Å². The quantitative estimate of drug-likeness (QED) is 0.855. The molecule has 0 atom stereocenters. The summed E-state index contributed by atoms with van der Waals surface area (Å²) in [6.07, 6.45) is 0.850. The summed E-state index contributed by atoms with van der Waals surface area (Å²) >= 11 is 0. The van der Waals surface area contributed by atoms with E-state index in [1.165, 1.54) is 0 Å². The van der Waals surface area contributed by atoms with Crippen molar-refractivity contribution < 1.29 is 13.2 Å². The standard InChI is InChI=1S/C16H25N3O3S/c1-13(2)16(20)19-11-9-18(10-12-19)8-7-14-3-5-15(6-4-14)23(17,21)22/h3-6,13H,7-12H2,1-2H3,(H2,17,21,22). The van der Waals surface area contributed by atoms with Gasteiger partial charge in [0.15, 0.2) is 0 Å². The van der Waals surface area contributed by atoms with Gasteiger partial charge in [0.05, 0.1) is 4.90 Å². The van der Waals surface area contributed by atoms with Gasteiger partial charge in [0, 0.05) is 38.6 Å². The molecular formula is C16H25N3O3S. The van der Waals surface area contributed by atoms with Crippen molar-refractivity contribution in [3.63, 3.8) is 0 Å². The Hall–Kier alpha value is -1.44. The summed E-state index contributed by atoms with van der Waals surface area (Å²) in [5, 5.41) is 5.09. The van der Waals surface area contributed by atoms with E-state index < -0.39 is 10.0 Å². The van der Waals surface area contributed by atoms with E-state index in [4.69, 9.17) is 5.14 Å². The van der Waals surface area contributed by atoms with Crippen LogP contribution in [0.1, 0.15) is 19.4 Å². The number of hydrogen-bond acceptors (Lipinski definition) is 4. The molecule has 0 bridgehead atoms. The minimum absolute atomic E-state index is 0.0545. The number of benzene rings is 1. The number of piperazine rings is 1. The second kappa shape index (κ2) is 7.42. The lowest BCUT2D eigenvalue weighted by molar-refractivity contribution is -0.136. The van der Waals surface area contributed by atoms with Crippen molar-refractivity contribution in [1.29, 1.82) is 0 Å². The Bertz CT molecular complexity index is 633. The Balaban J connectivity index is 1.80. The molecule has 0 saturated carbocycles. The highest BCUT2D eigenvalue weighted by Crippen LogP contribution is 2.11. The fraction of sp³-hybridized carbons (Fsp3) is 0.562. The molecule has 0 aromatic heterocycles. The van der Waals surface area contributed by atoms with Gasteiger partial charge < -0.3 is 4.90 Å². The van der Waals surface area contributed by atoms with Crippen LogP contribution in [-0.2, 0) is 21.2 Å². The van der Waals surface area contributed by atoms with Crippen molar-refractivity contribution in [2.24, 2.45) is 11.1 Å². The van der Waals surface area contributed by atoms with Crippen molar-refractivity contribution >= 4 is 15.9 Å². The highest BCUT2D eigenvalue weighted by molar-refractivity contribution is 7.89. The Morgan fingerprint density at radius 3 is 2.17 bits per heavy atom. The molecule has 1 aromatic carbocycles. The molecule has 0 radical (unpaired) electrons. The van der Waals surface area contributed by atoms with Gasteiger partial charge in [0.1, 0.15) is 0 Å². The van der Waals surface area contributed by atoms with Crippen LogP contribution >= 0.6 is 0 Å². The monoisotopic (exact) mass is 339 g/mol. The van der Waals surface area contributed by atoms with E-state index in [0.717, 1.165) is 44.7 Å². The number of carbonyl (C=O) groups excluding carboxylic acids is 1. The fourth-order valence-electron chi connectivity index (χ4n) is 2.69. The molecule has 6 nitrogen and oxygen atoms in total. The number of sulfonamides is 1. The summed E-state index contributed by atoms with van der Waals surface area (Å²) in [5.41, 5.74) is 1.08. The van der Waals surface area contributed by atoms with Crippen LogP contribution in [0.2, 0.25) is 0 Å². The molecule has 1 aliphatic heterocycles. The summed E-state index contributed by atoms with van der Waals surface area (Å²) in [6, 6.07) is 6.70. The molecule has 0 unspecified atom stereocenters. The molecule has 1 aliphatic rings. The highest BCUT2D eigenvalue weighted by atomic mass is 32.2. The SMILES string of the molecule is CC(C)C(=O)N1CCN(CCc2ccc(S(N)(=O)=O)cc2)CC1. The first-order valence-corrected chi connectivity index (χ1v) is 9.45. The van der Waals surface area contributed by atoms with Crippen LogP contribution in [-0.4, -0.2) is 56.8 Å². The fourth-order valence-corrected chi connectivity index (χ4v) is 3.21. The number of hydrogen-bond donors (Lipinski definition) is 1. The Kier molecular flexibility index (Phi) is 5.78. The Labute approximate surface area is 138 Å². The Morgan fingerprint density at radius 1 is 1.13 bits per heavy atom. The van der Waals surface area contributed by atoms with Gasteiger partial charge >= 0.3 is 0 Å². The molecule has 2 rings (SSSR count). The number of primary sulfonamides is 1. The topological polar surface area (TPSA) is 83.7 Å². The minimum Gasteiger partial charge on any atom is -0.340 e. The number of amides is 1. The second-order valence-corrected chi connectivity index (χ2v) is 7.82. The van der Waals surface area contributed by atoms with Crippen LogP contribution in [0, 0.1) is 5.92 Å². The molecule has 128 valence electrons. The lowest BCUT2D eigenvalue weighted by Crippen LogP contribution is -2.50. The maximum Gasteiger partial charge on any atom is 0.238 e. The van der Waals surface area contributed by atoms with Gasteiger partial charge in [0.25, 0.3) is 0 Å². The summed E-state index contributed by atoms with van der Waals surface area (Å²) in [4.78, 5) is 16.3. The van der Waals surface area contributed by atoms with Crippen molar-refractivity contribution in [2.75, 3.05) is 32.7 Å². The largest absolute Gasteiger partial charge is 0.340 e. The van der Waals surface area contributed by atoms with Crippen LogP contribution in [0.5, 0.6) is 0 Å². The van der Waals surface area contributed by atoms with Crippen LogP contribution < -0.4 is 5.14 Å². The van der Waals surface area contributed by atoms with E-state index in [1.807, 2.05) is 18.7 Å². The minimum atomic E-state index is -3.62. The average molecular weight is 339 g/mol. The van der Waals surface area contributed by atoms with Gasteiger partial charge in [-0.1, -0.05) is 26.0 Å². The van der Waals surface area contributed by atoms with E-state index >= 15 is 0 Å². The molecule has 1 amide bonds. The lowest BCUT2D eigenvalue weighted by atomic mass is 10.1. The van der Waals surface area contributed by atoms with Crippen LogP contribution in [0.15, 0.2) is 29.2 Å². The molecule has 1 aromatic rings. The molecular weight excluding hydrogens is 314 g/mol. The molecule has 7 heteroatoms. The van der Waals surface area contributed by atoms with E-state index in [9.17, 15) is 13.2 Å². The smallest absolute Gasteiger partial charge is 0.238 e. The maximum absolute atomic E-state index is 11.9. The van der Waals surface area contributed by atoms with Crippen molar-refractivity contribution in [2.45, 2.75) is 25.2 Å². The second-order valence-electron chi connectivity index (χ2n) is 6.26. The third-order valence-corrected chi connectivity index (χ3v) is 5.08. The van der Waals surface area contributed by atoms with Gasteiger partial charge in [-0.25, -0.2) is 13.6 Å². The molecule has 0 aliphatic carbocycles. The Morgan fingerprint density at radius 2 is 1.70 bits per heavy atom. The van der Waals surface area contributed by atoms with E-state index in [0.29, 0.717) is 0 Å². The summed E-state index contributed by atoms with van der Waals surface area (Å²) < 4.78 is 22.4. The van der Waals surface area contributed by atoms with Crippen molar-refractivity contribution in [3.8, 4) is 0 Å². The number of nitrogens with two attached hydrogens (primary N) is 1. The zero-order chi connectivity index (χ0) is 17.0. The first kappa shape index (κ1) is 17.9. The molecule has 2 N–H and O–H groups in total. The first-order chi connectivity index (χ1) is 10.8. The normalized spacial score (nSPS) is 16.8. The van der Waals surface area contributed by atoms with E-state index in [1.54, 1.807) is 24.3 Å². The number of nitrogens with zero attached hydrogens (tertiary/aromatic N) is 2. The first-order valence-electron chi connectivity index (χ1n) is 7.90. The van der Waals surface area contributed by atoms with Gasteiger partial charge in [-0.15, -0.1) is 0 Å². The van der Waals surface area contributed by atoms with Crippen LogP contribution in [0.25, 0.3) is 0 Å². The predicted molar refractivity (Wildman–Crippen MR) is 89.4 cm³/mol. The third kappa shape index (κ3) is 5.02. The van der Waals surface area contributed by atoms with Crippen molar-refractivity contribution in [3.05, 3.63) is 29.8 Å². The highest BCUT2D eigenvalue weighted by Gasteiger charge is 2.22. The molecule has 1 heterocycles. The average Bonchev–Trinajstić information content (AvgIpc) is 2.52. The molecule has 0 spiro atoms. The molecule has 23 heavy (non-hydrogen) atoms. The molecule has 1 fully saturated rings. The van der Waals surface area contributed by atoms with Gasteiger partial charge in [-0.05, 0) is 24.1 Å². The van der Waals surface area contributed by atoms with Gasteiger partial charge in [0.2, 0.25) is 15.9 Å². The van der Waals surface area contributed by atoms with Gasteiger partial charge in [-0.3, -0.25) is 9.69 Å². The summed E-state index contributed by atoms with van der Waals surface area (Å²) in [7, 11) is -3.62. The third-order valence-electron chi connectivity index (χ3n) is 4.15. The summed E-state index contributed by atoms with van der Waals surface area (Å²) in [6.45, 7) is 8.09. The molecule has 1 saturated heterocycles. The number of rotatable bonds is 5. The van der Waals surface area contributed by atoms with Crippen LogP contribution in [0.4, 0.5) is 0 Å². The van der Waals surface area contributed by atoms with E-state index in [-0.39, 0.29) is 16.7 Å². The van der Waals surface area contributed by atoms with Gasteiger partial charge in [-0.2, -0.15) is 0 Å². The van der Waals surface area contributed by atoms with Crippen LogP contribution in [0.3, 0.4) is 0 Å². The zero-order valence-electron chi connectivity index (χ0n) is 13.7. The summed E-state index contributed by atoms with van der Waals surface area (Å²) in [5.74, 6) is 0.280.